The first-order valence-electron chi connectivity index (χ1n) is 12.3. The van der Waals surface area contributed by atoms with E-state index in [-0.39, 0.29) is 0 Å². The molecule has 28 heavy (non-hydrogen) atoms. The fraction of sp³-hybridized carbons (Fsp3) is 0.852. The van der Waals surface area contributed by atoms with E-state index in [0.29, 0.717) is 29.3 Å². The Morgan fingerprint density at radius 1 is 1.04 bits per heavy atom. The molecule has 8 atom stereocenters. The molecule has 3 saturated carbocycles. The summed E-state index contributed by atoms with van der Waals surface area (Å²) in [6.07, 6.45) is 18.3. The Hall–Kier alpha value is -0.560. The summed E-state index contributed by atoms with van der Waals surface area (Å²) >= 11 is 0. The number of allylic oxidation sites excluding steroid dienone is 4. The van der Waals surface area contributed by atoms with Crippen molar-refractivity contribution >= 4 is 0 Å². The third-order valence-corrected chi connectivity index (χ3v) is 9.98. The molecule has 0 heterocycles. The molecule has 4 aliphatic rings. The minimum atomic E-state index is 0.402. The summed E-state index contributed by atoms with van der Waals surface area (Å²) in [6, 6.07) is 0. The van der Waals surface area contributed by atoms with Crippen LogP contribution in [0.1, 0.15) is 86.0 Å². The van der Waals surface area contributed by atoms with Crippen molar-refractivity contribution in [2.75, 3.05) is 6.61 Å². The second kappa shape index (κ2) is 7.60. The van der Waals surface area contributed by atoms with Crippen molar-refractivity contribution in [1.29, 1.82) is 0 Å². The maximum atomic E-state index is 9.88. The zero-order valence-corrected chi connectivity index (χ0v) is 19.1. The second-order valence-corrected chi connectivity index (χ2v) is 11.8. The summed E-state index contributed by atoms with van der Waals surface area (Å²) < 4.78 is 0. The van der Waals surface area contributed by atoms with Gasteiger partial charge in [-0.3, -0.25) is 0 Å². The van der Waals surface area contributed by atoms with Crippen LogP contribution in [-0.4, -0.2) is 11.7 Å². The normalized spacial score (nSPS) is 46.4. The van der Waals surface area contributed by atoms with Gasteiger partial charge >= 0.3 is 0 Å². The lowest BCUT2D eigenvalue weighted by molar-refractivity contribution is 0.0192. The summed E-state index contributed by atoms with van der Waals surface area (Å²) in [4.78, 5) is 0. The molecule has 4 rings (SSSR count). The van der Waals surface area contributed by atoms with Crippen LogP contribution in [0.5, 0.6) is 0 Å². The van der Waals surface area contributed by atoms with E-state index in [1.807, 2.05) is 5.57 Å². The van der Waals surface area contributed by atoms with Gasteiger partial charge in [0.15, 0.2) is 0 Å². The molecule has 0 aromatic carbocycles. The van der Waals surface area contributed by atoms with Crippen molar-refractivity contribution < 1.29 is 5.11 Å². The first kappa shape index (κ1) is 20.7. The number of aliphatic hydroxyl groups is 1. The average molecular weight is 385 g/mol. The first-order valence-corrected chi connectivity index (χ1v) is 12.3. The molecule has 3 fully saturated rings. The third-order valence-electron chi connectivity index (χ3n) is 9.98. The van der Waals surface area contributed by atoms with Crippen molar-refractivity contribution in [2.24, 2.45) is 52.3 Å². The van der Waals surface area contributed by atoms with Crippen LogP contribution in [0.15, 0.2) is 23.8 Å². The lowest BCUT2D eigenvalue weighted by atomic mass is 9.50. The fourth-order valence-electron chi connectivity index (χ4n) is 8.39. The fourth-order valence-corrected chi connectivity index (χ4v) is 8.39. The molecule has 0 unspecified atom stereocenters. The molecule has 1 N–H and O–H groups in total. The van der Waals surface area contributed by atoms with Crippen molar-refractivity contribution in [3.05, 3.63) is 23.8 Å². The molecule has 0 saturated heterocycles. The van der Waals surface area contributed by atoms with Gasteiger partial charge in [0.25, 0.3) is 0 Å². The van der Waals surface area contributed by atoms with Crippen molar-refractivity contribution in [3.63, 3.8) is 0 Å². The number of aliphatic hydroxyl groups excluding tert-OH is 1. The van der Waals surface area contributed by atoms with E-state index in [2.05, 4.69) is 52.8 Å². The highest BCUT2D eigenvalue weighted by Crippen LogP contribution is 2.68. The van der Waals surface area contributed by atoms with Crippen molar-refractivity contribution in [2.45, 2.75) is 86.0 Å². The number of hydrogen-bond donors (Lipinski definition) is 1. The summed E-state index contributed by atoms with van der Waals surface area (Å²) in [5.74, 6) is 5.23. The van der Waals surface area contributed by atoms with Crippen LogP contribution >= 0.6 is 0 Å². The molecule has 1 nitrogen and oxygen atoms in total. The van der Waals surface area contributed by atoms with E-state index in [0.717, 1.165) is 29.6 Å². The van der Waals surface area contributed by atoms with E-state index in [4.69, 9.17) is 0 Å². The lowest BCUT2D eigenvalue weighted by Gasteiger charge is -2.54. The topological polar surface area (TPSA) is 20.2 Å². The summed E-state index contributed by atoms with van der Waals surface area (Å²) in [6.45, 7) is 12.7. The molecule has 158 valence electrons. The van der Waals surface area contributed by atoms with E-state index in [1.165, 1.54) is 51.4 Å². The van der Waals surface area contributed by atoms with Gasteiger partial charge < -0.3 is 5.11 Å². The van der Waals surface area contributed by atoms with Crippen LogP contribution in [0.4, 0.5) is 0 Å². The van der Waals surface area contributed by atoms with Crippen molar-refractivity contribution in [1.82, 2.24) is 0 Å². The molecule has 0 aromatic rings. The molecule has 0 spiro atoms. The highest BCUT2D eigenvalue weighted by Gasteiger charge is 2.59. The third kappa shape index (κ3) is 3.15. The molecule has 0 aliphatic heterocycles. The SMILES string of the molecule is CC(C)C/C=C/[C@@H](C)[C@H]1CC[C@H]2C3=CC[C@H]4[C@@H](CO)CC[C@]4(C)[C@H]3CC[C@]12C. The van der Waals surface area contributed by atoms with Gasteiger partial charge in [-0.1, -0.05) is 58.4 Å². The predicted octanol–water partition coefficient (Wildman–Crippen LogP) is 7.02. The Bertz CT molecular complexity index is 630. The molecule has 1 heteroatoms. The highest BCUT2D eigenvalue weighted by molar-refractivity contribution is 5.28. The Kier molecular flexibility index (Phi) is 5.62. The minimum Gasteiger partial charge on any atom is -0.396 e. The van der Waals surface area contributed by atoms with E-state index >= 15 is 0 Å². The molecule has 0 amide bonds. The van der Waals surface area contributed by atoms with Crippen LogP contribution < -0.4 is 0 Å². The maximum Gasteiger partial charge on any atom is 0.0462 e. The average Bonchev–Trinajstić information content (AvgIpc) is 3.17. The predicted molar refractivity (Wildman–Crippen MR) is 119 cm³/mol. The Morgan fingerprint density at radius 2 is 1.75 bits per heavy atom. The lowest BCUT2D eigenvalue weighted by Crippen LogP contribution is -2.46. The zero-order valence-electron chi connectivity index (χ0n) is 19.1. The molecule has 0 aromatic heterocycles. The van der Waals surface area contributed by atoms with Crippen LogP contribution in [0.25, 0.3) is 0 Å². The molecule has 0 bridgehead atoms. The van der Waals surface area contributed by atoms with Gasteiger partial charge in [-0.05, 0) is 104 Å². The van der Waals surface area contributed by atoms with Gasteiger partial charge in [0.2, 0.25) is 0 Å². The van der Waals surface area contributed by atoms with Gasteiger partial charge in [-0.25, -0.2) is 0 Å². The quantitative estimate of drug-likeness (QED) is 0.505. The van der Waals surface area contributed by atoms with Crippen LogP contribution in [0.2, 0.25) is 0 Å². The molecular formula is C27H44O. The highest BCUT2D eigenvalue weighted by atomic mass is 16.3. The van der Waals surface area contributed by atoms with Gasteiger partial charge in [0.1, 0.15) is 0 Å². The molecule has 0 radical (unpaired) electrons. The summed E-state index contributed by atoms with van der Waals surface area (Å²) in [5, 5.41) is 9.88. The van der Waals surface area contributed by atoms with E-state index in [1.54, 1.807) is 0 Å². The minimum absolute atomic E-state index is 0.402. The Labute approximate surface area is 174 Å². The summed E-state index contributed by atoms with van der Waals surface area (Å²) in [5.41, 5.74) is 2.81. The van der Waals surface area contributed by atoms with Gasteiger partial charge in [-0.15, -0.1) is 0 Å². The maximum absolute atomic E-state index is 9.88. The van der Waals surface area contributed by atoms with Crippen LogP contribution in [-0.2, 0) is 0 Å². The van der Waals surface area contributed by atoms with E-state index < -0.39 is 0 Å². The van der Waals surface area contributed by atoms with Gasteiger partial charge in [0.05, 0.1) is 0 Å². The monoisotopic (exact) mass is 384 g/mol. The number of fused-ring (bicyclic) bond motifs is 5. The van der Waals surface area contributed by atoms with Gasteiger partial charge in [0, 0.05) is 6.61 Å². The smallest absolute Gasteiger partial charge is 0.0462 e. The van der Waals surface area contributed by atoms with E-state index in [9.17, 15) is 5.11 Å². The van der Waals surface area contributed by atoms with Crippen LogP contribution in [0, 0.1) is 52.3 Å². The Morgan fingerprint density at radius 3 is 2.46 bits per heavy atom. The first-order chi connectivity index (χ1) is 13.3. The number of rotatable bonds is 5. The standard InChI is InChI=1S/C27H44O/c1-18(2)7-6-8-19(3)22-11-12-24-21-9-10-23-20(17-28)13-15-27(23,5)25(21)14-16-26(22,24)4/h6,8-9,18-20,22-25,28H,7,10-17H2,1-5H3/b8-6+/t19-,20-,22-,23+,24+,25+,26-,27+/m1/s1. The summed E-state index contributed by atoms with van der Waals surface area (Å²) in [7, 11) is 0. The second-order valence-electron chi connectivity index (χ2n) is 11.8. The Balaban J connectivity index is 1.54. The largest absolute Gasteiger partial charge is 0.396 e. The molecule has 4 aliphatic carbocycles. The van der Waals surface area contributed by atoms with Crippen LogP contribution in [0.3, 0.4) is 0 Å². The van der Waals surface area contributed by atoms with Gasteiger partial charge in [-0.2, -0.15) is 0 Å². The number of hydrogen-bond acceptors (Lipinski definition) is 1. The zero-order chi connectivity index (χ0) is 20.1. The van der Waals surface area contributed by atoms with Crippen molar-refractivity contribution in [3.8, 4) is 0 Å². The molecular weight excluding hydrogens is 340 g/mol.